The molecule has 0 spiro atoms. The smallest absolute Gasteiger partial charge is 0.164 e. The van der Waals surface area contributed by atoms with Crippen LogP contribution in [0.1, 0.15) is 37.4 Å². The number of nitrogens with zero attached hydrogens (tertiary/aromatic N) is 5. The van der Waals surface area contributed by atoms with Gasteiger partial charge in [-0.15, -0.1) is 0 Å². The summed E-state index contributed by atoms with van der Waals surface area (Å²) in [5.41, 5.74) is 9.62. The van der Waals surface area contributed by atoms with Gasteiger partial charge >= 0.3 is 0 Å². The molecule has 0 saturated heterocycles. The number of benzene rings is 2. The number of ether oxygens (including phenoxy) is 2. The monoisotopic (exact) mass is 498 g/mol. The molecule has 0 bridgehead atoms. The molecule has 3 heterocycles. The second kappa shape index (κ2) is 9.57. The minimum absolute atomic E-state index is 0.319. The molecule has 9 heteroatoms. The average Bonchev–Trinajstić information content (AvgIpc) is 3.63. The van der Waals surface area contributed by atoms with Crippen molar-refractivity contribution in [3.05, 3.63) is 78.6 Å². The molecule has 1 saturated carbocycles. The summed E-state index contributed by atoms with van der Waals surface area (Å²) in [6, 6.07) is 16.0. The fraction of sp³-hybridized carbons (Fsp3) is 0.250. The predicted molar refractivity (Wildman–Crippen MR) is 139 cm³/mol. The van der Waals surface area contributed by atoms with E-state index in [4.69, 9.17) is 20.3 Å². The van der Waals surface area contributed by atoms with Gasteiger partial charge in [-0.1, -0.05) is 12.8 Å². The quantitative estimate of drug-likeness (QED) is 0.294. The van der Waals surface area contributed by atoms with E-state index < -0.39 is 5.82 Å². The van der Waals surface area contributed by atoms with Crippen molar-refractivity contribution in [3.8, 4) is 28.5 Å². The van der Waals surface area contributed by atoms with Crippen LogP contribution in [0.5, 0.6) is 17.2 Å². The highest BCUT2D eigenvalue weighted by Crippen LogP contribution is 2.37. The Balaban J connectivity index is 1.24. The van der Waals surface area contributed by atoms with Gasteiger partial charge in [-0.2, -0.15) is 5.10 Å². The Hall–Kier alpha value is -4.40. The molecule has 188 valence electrons. The molecular weight excluding hydrogens is 471 g/mol. The lowest BCUT2D eigenvalue weighted by molar-refractivity contribution is 0.294. The van der Waals surface area contributed by atoms with Crippen LogP contribution in [0, 0.1) is 5.82 Å². The largest absolute Gasteiger partial charge is 0.487 e. The second-order valence-corrected chi connectivity index (χ2v) is 9.34. The Morgan fingerprint density at radius 3 is 2.54 bits per heavy atom. The first kappa shape index (κ1) is 23.0. The number of aryl methyl sites for hydroxylation is 1. The van der Waals surface area contributed by atoms with Crippen molar-refractivity contribution in [2.24, 2.45) is 7.05 Å². The third-order valence-electron chi connectivity index (χ3n) is 6.84. The van der Waals surface area contributed by atoms with Gasteiger partial charge in [0.05, 0.1) is 17.1 Å². The molecule has 1 fully saturated rings. The minimum atomic E-state index is -0.435. The highest BCUT2D eigenvalue weighted by Gasteiger charge is 2.24. The van der Waals surface area contributed by atoms with E-state index in [9.17, 15) is 4.39 Å². The lowest BCUT2D eigenvalue weighted by atomic mass is 10.1. The molecule has 5 aromatic rings. The van der Waals surface area contributed by atoms with Gasteiger partial charge in [-0.25, -0.2) is 19.0 Å². The maximum absolute atomic E-state index is 14.3. The molecule has 6 rings (SSSR count). The third-order valence-corrected chi connectivity index (χ3v) is 6.84. The van der Waals surface area contributed by atoms with Gasteiger partial charge in [0.15, 0.2) is 5.65 Å². The molecule has 3 aromatic heterocycles. The number of hydrogen-bond donors (Lipinski definition) is 1. The zero-order chi connectivity index (χ0) is 25.4. The number of fused-ring (bicyclic) bond motifs is 1. The summed E-state index contributed by atoms with van der Waals surface area (Å²) >= 11 is 0. The van der Waals surface area contributed by atoms with Gasteiger partial charge in [0.2, 0.25) is 0 Å². The van der Waals surface area contributed by atoms with E-state index in [-0.39, 0.29) is 0 Å². The Kier molecular flexibility index (Phi) is 5.96. The summed E-state index contributed by atoms with van der Waals surface area (Å²) in [6.45, 7) is 0.329. The number of nitrogens with two attached hydrogens (primary N) is 1. The lowest BCUT2D eigenvalue weighted by Crippen LogP contribution is -2.07. The van der Waals surface area contributed by atoms with E-state index in [1.807, 2.05) is 58.9 Å². The molecule has 1 aliphatic rings. The van der Waals surface area contributed by atoms with Crippen molar-refractivity contribution in [2.75, 3.05) is 5.73 Å². The van der Waals surface area contributed by atoms with Crippen LogP contribution in [0.25, 0.3) is 22.3 Å². The fourth-order valence-corrected chi connectivity index (χ4v) is 4.90. The summed E-state index contributed by atoms with van der Waals surface area (Å²) in [7, 11) is 1.94. The molecular formula is C28H27FN6O2. The van der Waals surface area contributed by atoms with Crippen molar-refractivity contribution in [1.82, 2.24) is 24.3 Å². The van der Waals surface area contributed by atoms with E-state index in [2.05, 4.69) is 9.97 Å². The number of aromatic nitrogens is 5. The van der Waals surface area contributed by atoms with E-state index in [1.54, 1.807) is 6.07 Å². The second-order valence-electron chi connectivity index (χ2n) is 9.34. The highest BCUT2D eigenvalue weighted by molar-refractivity contribution is 5.98. The van der Waals surface area contributed by atoms with Crippen molar-refractivity contribution in [3.63, 3.8) is 0 Å². The first-order valence-electron chi connectivity index (χ1n) is 12.4. The van der Waals surface area contributed by atoms with E-state index in [1.165, 1.54) is 31.3 Å². The summed E-state index contributed by atoms with van der Waals surface area (Å²) < 4.78 is 30.0. The number of anilines is 1. The van der Waals surface area contributed by atoms with Gasteiger partial charge in [-0.3, -0.25) is 0 Å². The van der Waals surface area contributed by atoms with E-state index in [0.717, 1.165) is 40.8 Å². The van der Waals surface area contributed by atoms with Gasteiger partial charge in [0.1, 0.15) is 47.5 Å². The van der Waals surface area contributed by atoms with Crippen molar-refractivity contribution in [1.29, 1.82) is 0 Å². The molecule has 37 heavy (non-hydrogen) atoms. The topological polar surface area (TPSA) is 93.0 Å². The molecule has 0 unspecified atom stereocenters. The van der Waals surface area contributed by atoms with Crippen molar-refractivity contribution < 1.29 is 13.9 Å². The van der Waals surface area contributed by atoms with Gasteiger partial charge in [-0.05, 0) is 49.2 Å². The van der Waals surface area contributed by atoms with Crippen molar-refractivity contribution in [2.45, 2.75) is 38.3 Å². The number of nitrogen functional groups attached to an aromatic ring is 1. The minimum Gasteiger partial charge on any atom is -0.487 e. The SMILES string of the molecule is Cn1cccc1COc1cc(F)cc(Oc2ccc(-c3nn(C4CCCC4)c4ncnc(N)c34)cc2)c1. The molecule has 1 aliphatic carbocycles. The molecule has 0 aliphatic heterocycles. The van der Waals surface area contributed by atoms with Crippen LogP contribution in [0.2, 0.25) is 0 Å². The molecule has 0 amide bonds. The van der Waals surface area contributed by atoms with Crippen LogP contribution in [0.15, 0.2) is 67.1 Å². The zero-order valence-corrected chi connectivity index (χ0v) is 20.5. The fourth-order valence-electron chi connectivity index (χ4n) is 4.90. The Morgan fingerprint density at radius 1 is 1.00 bits per heavy atom. The third kappa shape index (κ3) is 4.60. The molecule has 2 N–H and O–H groups in total. The Morgan fingerprint density at radius 2 is 1.78 bits per heavy atom. The summed E-state index contributed by atoms with van der Waals surface area (Å²) in [5, 5.41) is 5.67. The maximum atomic E-state index is 14.3. The van der Waals surface area contributed by atoms with Crippen LogP contribution in [-0.4, -0.2) is 24.3 Å². The van der Waals surface area contributed by atoms with Crippen LogP contribution in [0.4, 0.5) is 10.2 Å². The molecule has 0 atom stereocenters. The summed E-state index contributed by atoms with van der Waals surface area (Å²) in [5.74, 6) is 1.28. The summed E-state index contributed by atoms with van der Waals surface area (Å²) in [4.78, 5) is 8.69. The highest BCUT2D eigenvalue weighted by atomic mass is 19.1. The van der Waals surface area contributed by atoms with Crippen molar-refractivity contribution >= 4 is 16.9 Å². The number of halogens is 1. The summed E-state index contributed by atoms with van der Waals surface area (Å²) in [6.07, 6.45) is 7.96. The van der Waals surface area contributed by atoms with Gasteiger partial charge in [0.25, 0.3) is 0 Å². The van der Waals surface area contributed by atoms with Crippen LogP contribution >= 0.6 is 0 Å². The van der Waals surface area contributed by atoms with Gasteiger partial charge < -0.3 is 19.8 Å². The average molecular weight is 499 g/mol. The lowest BCUT2D eigenvalue weighted by Gasteiger charge is -2.11. The van der Waals surface area contributed by atoms with Crippen LogP contribution in [-0.2, 0) is 13.7 Å². The van der Waals surface area contributed by atoms with E-state index >= 15 is 0 Å². The van der Waals surface area contributed by atoms with E-state index in [0.29, 0.717) is 35.7 Å². The predicted octanol–water partition coefficient (Wildman–Crippen LogP) is 6.04. The number of rotatable bonds is 7. The van der Waals surface area contributed by atoms with Gasteiger partial charge in [0, 0.05) is 37.0 Å². The first-order chi connectivity index (χ1) is 18.0. The maximum Gasteiger partial charge on any atom is 0.164 e. The molecule has 0 radical (unpaired) electrons. The van der Waals surface area contributed by atoms with Crippen LogP contribution in [0.3, 0.4) is 0 Å². The standard InChI is InChI=1S/C28H27FN6O2/c1-34-12-4-7-21(34)16-36-23-13-19(29)14-24(15-23)37-22-10-8-18(9-11-22)26-25-27(30)31-17-32-28(25)35(33-26)20-5-2-3-6-20/h4,7-15,17,20H,2-3,5-6,16H2,1H3,(H2,30,31,32). The van der Waals surface area contributed by atoms with Crippen LogP contribution < -0.4 is 15.2 Å². The first-order valence-corrected chi connectivity index (χ1v) is 12.4. The Labute approximate surface area is 213 Å². The number of hydrogen-bond acceptors (Lipinski definition) is 6. The normalized spacial score (nSPS) is 13.9. The Bertz CT molecular complexity index is 1550. The zero-order valence-electron chi connectivity index (χ0n) is 20.5. The molecule has 2 aromatic carbocycles. The molecule has 8 nitrogen and oxygen atoms in total.